The van der Waals surface area contributed by atoms with E-state index in [1.807, 2.05) is 30.3 Å². The van der Waals surface area contributed by atoms with Crippen molar-refractivity contribution in [3.63, 3.8) is 0 Å². The molecule has 0 amide bonds. The van der Waals surface area contributed by atoms with E-state index < -0.39 is 0 Å². The molecule has 0 fully saturated rings. The van der Waals surface area contributed by atoms with E-state index in [0.717, 1.165) is 11.4 Å². The largest absolute Gasteiger partial charge is 0.467 e. The third-order valence-electron chi connectivity index (χ3n) is 2.28. The van der Waals surface area contributed by atoms with Gasteiger partial charge in [-0.3, -0.25) is 4.99 Å². The monoisotopic (exact) mass is 204 g/mol. The lowest BCUT2D eigenvalue weighted by molar-refractivity contribution is -0.142. The van der Waals surface area contributed by atoms with Crippen LogP contribution in [0.15, 0.2) is 35.3 Å². The smallest absolute Gasteiger partial charge is 0.330 e. The normalized spacial score (nSPS) is 19.3. The van der Waals surface area contributed by atoms with Crippen molar-refractivity contribution >= 4 is 11.8 Å². The van der Waals surface area contributed by atoms with E-state index in [-0.39, 0.29) is 12.0 Å². The van der Waals surface area contributed by atoms with Crippen molar-refractivity contribution in [3.05, 3.63) is 35.9 Å². The first-order chi connectivity index (χ1) is 7.31. The van der Waals surface area contributed by atoms with Crippen LogP contribution in [0.2, 0.25) is 0 Å². The summed E-state index contributed by atoms with van der Waals surface area (Å²) in [5, 5.41) is 3.03. The van der Waals surface area contributed by atoms with Gasteiger partial charge in [0.25, 0.3) is 0 Å². The Morgan fingerprint density at radius 1 is 1.47 bits per heavy atom. The number of rotatable bonds is 2. The van der Waals surface area contributed by atoms with Gasteiger partial charge >= 0.3 is 5.97 Å². The summed E-state index contributed by atoms with van der Waals surface area (Å²) in [6.07, 6.45) is 0. The summed E-state index contributed by atoms with van der Waals surface area (Å²) in [5.74, 6) is 0.482. The topological polar surface area (TPSA) is 50.7 Å². The average Bonchev–Trinajstić information content (AvgIpc) is 2.78. The zero-order valence-electron chi connectivity index (χ0n) is 8.43. The van der Waals surface area contributed by atoms with Crippen LogP contribution in [0.3, 0.4) is 0 Å². The van der Waals surface area contributed by atoms with Crippen molar-refractivity contribution in [2.24, 2.45) is 4.99 Å². The number of ether oxygens (including phenoxy) is 1. The van der Waals surface area contributed by atoms with Crippen LogP contribution in [0.25, 0.3) is 0 Å². The molecule has 15 heavy (non-hydrogen) atoms. The van der Waals surface area contributed by atoms with Gasteiger partial charge in [-0.05, 0) is 0 Å². The van der Waals surface area contributed by atoms with Gasteiger partial charge in [0.15, 0.2) is 0 Å². The van der Waals surface area contributed by atoms with E-state index in [1.54, 1.807) is 0 Å². The van der Waals surface area contributed by atoms with E-state index >= 15 is 0 Å². The Morgan fingerprint density at radius 2 is 2.20 bits per heavy atom. The quantitative estimate of drug-likeness (QED) is 0.717. The molecule has 4 nitrogen and oxygen atoms in total. The molecule has 1 heterocycles. The van der Waals surface area contributed by atoms with Gasteiger partial charge in [0.05, 0.1) is 13.7 Å². The first kappa shape index (κ1) is 9.71. The molecule has 0 saturated heterocycles. The van der Waals surface area contributed by atoms with Gasteiger partial charge in [-0.1, -0.05) is 30.3 Å². The van der Waals surface area contributed by atoms with Crippen molar-refractivity contribution in [1.82, 2.24) is 5.32 Å². The number of hydrogen-bond acceptors (Lipinski definition) is 4. The molecule has 1 aliphatic rings. The molecule has 0 aromatic heterocycles. The van der Waals surface area contributed by atoms with Crippen LogP contribution in [-0.4, -0.2) is 31.5 Å². The highest BCUT2D eigenvalue weighted by Gasteiger charge is 2.25. The van der Waals surface area contributed by atoms with Crippen molar-refractivity contribution < 1.29 is 9.53 Å². The summed E-state index contributed by atoms with van der Waals surface area (Å²) in [7, 11) is 1.38. The average molecular weight is 204 g/mol. The van der Waals surface area contributed by atoms with Crippen LogP contribution < -0.4 is 5.32 Å². The van der Waals surface area contributed by atoms with E-state index in [4.69, 9.17) is 0 Å². The van der Waals surface area contributed by atoms with Gasteiger partial charge in [0.2, 0.25) is 0 Å². The van der Waals surface area contributed by atoms with Gasteiger partial charge in [0, 0.05) is 5.56 Å². The first-order valence-corrected chi connectivity index (χ1v) is 4.75. The minimum Gasteiger partial charge on any atom is -0.467 e. The zero-order chi connectivity index (χ0) is 10.7. The summed E-state index contributed by atoms with van der Waals surface area (Å²) in [4.78, 5) is 15.5. The molecule has 0 aliphatic carbocycles. The van der Waals surface area contributed by atoms with E-state index in [2.05, 4.69) is 15.0 Å². The highest BCUT2D eigenvalue weighted by molar-refractivity contribution is 6.02. The van der Waals surface area contributed by atoms with Crippen LogP contribution >= 0.6 is 0 Å². The summed E-state index contributed by atoms with van der Waals surface area (Å²) < 4.78 is 4.64. The second-order valence-electron chi connectivity index (χ2n) is 3.28. The van der Waals surface area contributed by atoms with Crippen molar-refractivity contribution in [2.45, 2.75) is 6.04 Å². The number of esters is 1. The number of aliphatic imine (C=N–C) groups is 1. The molecule has 0 saturated carbocycles. The second-order valence-corrected chi connectivity index (χ2v) is 3.28. The van der Waals surface area contributed by atoms with Crippen molar-refractivity contribution in [1.29, 1.82) is 0 Å². The standard InChI is InChI=1S/C11H12N2O2/c1-15-11(14)9-7-12-10(13-9)8-5-3-2-4-6-8/h2-6,9H,7H2,1H3,(H,12,13). The Hall–Kier alpha value is -1.84. The Bertz CT molecular complexity index is 387. The summed E-state index contributed by atoms with van der Waals surface area (Å²) in [5.41, 5.74) is 0.990. The molecule has 1 aromatic carbocycles. The van der Waals surface area contributed by atoms with Crippen LogP contribution in [0.5, 0.6) is 0 Å². The molecule has 0 radical (unpaired) electrons. The maximum atomic E-state index is 11.2. The molecule has 78 valence electrons. The number of amidine groups is 1. The van der Waals surface area contributed by atoms with E-state index in [1.165, 1.54) is 7.11 Å². The number of carbonyl (C=O) groups is 1. The fourth-order valence-corrected chi connectivity index (χ4v) is 1.49. The number of carbonyl (C=O) groups excluding carboxylic acids is 1. The minimum absolute atomic E-state index is 0.273. The summed E-state index contributed by atoms with van der Waals surface area (Å²) in [6, 6.07) is 9.37. The highest BCUT2D eigenvalue weighted by Crippen LogP contribution is 2.06. The molecule has 1 aromatic rings. The lowest BCUT2D eigenvalue weighted by atomic mass is 10.2. The van der Waals surface area contributed by atoms with Gasteiger partial charge in [-0.2, -0.15) is 0 Å². The predicted octanol–water partition coefficient (Wildman–Crippen LogP) is 0.578. The van der Waals surface area contributed by atoms with Crippen LogP contribution in [0.4, 0.5) is 0 Å². The van der Waals surface area contributed by atoms with Gasteiger partial charge in [-0.25, -0.2) is 4.79 Å². The molecule has 1 unspecified atom stereocenters. The molecule has 1 atom stereocenters. The lowest BCUT2D eigenvalue weighted by Crippen LogP contribution is -2.38. The van der Waals surface area contributed by atoms with Gasteiger partial charge in [-0.15, -0.1) is 0 Å². The number of nitrogens with zero attached hydrogens (tertiary/aromatic N) is 1. The number of methoxy groups -OCH3 is 1. The first-order valence-electron chi connectivity index (χ1n) is 4.75. The van der Waals surface area contributed by atoms with Gasteiger partial charge in [0.1, 0.15) is 11.9 Å². The molecule has 4 heteroatoms. The van der Waals surface area contributed by atoms with Crippen molar-refractivity contribution in [2.75, 3.05) is 13.7 Å². The molecular weight excluding hydrogens is 192 g/mol. The number of hydrogen-bond donors (Lipinski definition) is 1. The maximum Gasteiger partial charge on any atom is 0.330 e. The lowest BCUT2D eigenvalue weighted by Gasteiger charge is -2.08. The molecule has 2 rings (SSSR count). The van der Waals surface area contributed by atoms with Crippen LogP contribution in [0.1, 0.15) is 5.56 Å². The summed E-state index contributed by atoms with van der Waals surface area (Å²) in [6.45, 7) is 0.441. The third kappa shape index (κ3) is 1.98. The van der Waals surface area contributed by atoms with E-state index in [0.29, 0.717) is 6.54 Å². The van der Waals surface area contributed by atoms with Gasteiger partial charge < -0.3 is 10.1 Å². The maximum absolute atomic E-state index is 11.2. The molecule has 0 spiro atoms. The van der Waals surface area contributed by atoms with E-state index in [9.17, 15) is 4.79 Å². The zero-order valence-corrected chi connectivity index (χ0v) is 8.43. The second kappa shape index (κ2) is 4.13. The molecule has 1 N–H and O–H groups in total. The molecule has 0 bridgehead atoms. The minimum atomic E-state index is -0.342. The Kier molecular flexibility index (Phi) is 2.67. The third-order valence-corrected chi connectivity index (χ3v) is 2.28. The molecular formula is C11H12N2O2. The Balaban J connectivity index is 2.07. The Morgan fingerprint density at radius 3 is 2.87 bits per heavy atom. The summed E-state index contributed by atoms with van der Waals surface area (Å²) >= 11 is 0. The fraction of sp³-hybridized carbons (Fsp3) is 0.273. The molecule has 1 aliphatic heterocycles. The number of benzene rings is 1. The van der Waals surface area contributed by atoms with Crippen LogP contribution in [0, 0.1) is 0 Å². The predicted molar refractivity (Wildman–Crippen MR) is 56.8 cm³/mol. The highest BCUT2D eigenvalue weighted by atomic mass is 16.5. The number of nitrogens with one attached hydrogen (secondary N) is 1. The Labute approximate surface area is 88.0 Å². The fourth-order valence-electron chi connectivity index (χ4n) is 1.49. The van der Waals surface area contributed by atoms with Crippen LogP contribution in [-0.2, 0) is 9.53 Å². The SMILES string of the molecule is COC(=O)C1CN=C(c2ccccc2)N1. The van der Waals surface area contributed by atoms with Crippen molar-refractivity contribution in [3.8, 4) is 0 Å².